The van der Waals surface area contributed by atoms with Crippen LogP contribution in [-0.2, 0) is 11.2 Å². The molecule has 5 heteroatoms. The molecule has 0 aliphatic rings. The average molecular weight is 334 g/mol. The van der Waals surface area contributed by atoms with E-state index in [-0.39, 0.29) is 0 Å². The van der Waals surface area contributed by atoms with Crippen LogP contribution in [0.2, 0.25) is 0 Å². The van der Waals surface area contributed by atoms with Crippen molar-refractivity contribution in [1.29, 1.82) is 0 Å². The number of methoxy groups -OCH3 is 1. The molecule has 0 bridgehead atoms. The number of aromatic nitrogens is 1. The Balaban J connectivity index is 2.03. The molecule has 3 aromatic rings. The summed E-state index contributed by atoms with van der Waals surface area (Å²) in [5.41, 5.74) is 4.43. The van der Waals surface area contributed by atoms with Gasteiger partial charge in [-0.25, -0.2) is 4.79 Å². The van der Waals surface area contributed by atoms with Crippen LogP contribution in [0.3, 0.4) is 0 Å². The standard InChI is InChI=1S/C20H18N2O3/c1-14-13-19(25-22-14)20-15(6-4-12-23)5-3-7-18(20)21-16-8-10-17(24-2)11-9-16/h3-5,7-11,13,21H,6H2,1-2H3. The molecule has 0 saturated carbocycles. The number of ether oxygens (including phenoxy) is 1. The van der Waals surface area contributed by atoms with Crippen LogP contribution in [0.15, 0.2) is 59.1 Å². The highest BCUT2D eigenvalue weighted by Crippen LogP contribution is 2.34. The third-order valence-electron chi connectivity index (χ3n) is 3.80. The molecule has 0 radical (unpaired) electrons. The van der Waals surface area contributed by atoms with Crippen molar-refractivity contribution in [2.75, 3.05) is 12.4 Å². The molecule has 5 nitrogen and oxygen atoms in total. The Morgan fingerprint density at radius 3 is 2.68 bits per heavy atom. The van der Waals surface area contributed by atoms with E-state index < -0.39 is 0 Å². The maximum Gasteiger partial charge on any atom is 0.169 e. The minimum absolute atomic E-state index is 0.469. The lowest BCUT2D eigenvalue weighted by Gasteiger charge is -2.14. The summed E-state index contributed by atoms with van der Waals surface area (Å²) in [6, 6.07) is 15.4. The topological polar surface area (TPSA) is 64.4 Å². The number of benzene rings is 2. The fourth-order valence-electron chi connectivity index (χ4n) is 2.63. The Bertz CT molecular complexity index is 907. The second kappa shape index (κ2) is 7.51. The van der Waals surface area contributed by atoms with Crippen molar-refractivity contribution in [2.24, 2.45) is 0 Å². The molecule has 0 fully saturated rings. The molecule has 0 spiro atoms. The predicted molar refractivity (Wildman–Crippen MR) is 96.9 cm³/mol. The molecule has 0 amide bonds. The van der Waals surface area contributed by atoms with Crippen molar-refractivity contribution < 1.29 is 14.1 Å². The fraction of sp³-hybridized carbons (Fsp3) is 0.150. The van der Waals surface area contributed by atoms with E-state index in [9.17, 15) is 4.79 Å². The van der Waals surface area contributed by atoms with Crippen molar-refractivity contribution in [3.05, 3.63) is 65.9 Å². The largest absolute Gasteiger partial charge is 0.497 e. The molecule has 0 aliphatic heterocycles. The highest BCUT2D eigenvalue weighted by Gasteiger charge is 2.15. The Hall–Kier alpha value is -3.30. The van der Waals surface area contributed by atoms with Crippen molar-refractivity contribution >= 4 is 17.3 Å². The molecular formula is C20H18N2O3. The molecule has 0 aliphatic carbocycles. The highest BCUT2D eigenvalue weighted by atomic mass is 16.5. The van der Waals surface area contributed by atoms with Gasteiger partial charge in [-0.3, -0.25) is 0 Å². The SMILES string of the molecule is COc1ccc(Nc2cccc(CC=C=O)c2-c2cc(C)no2)cc1. The van der Waals surface area contributed by atoms with E-state index in [4.69, 9.17) is 9.26 Å². The van der Waals surface area contributed by atoms with Gasteiger partial charge in [0.15, 0.2) is 5.76 Å². The van der Waals surface area contributed by atoms with Crippen molar-refractivity contribution in [3.63, 3.8) is 0 Å². The molecule has 0 saturated heterocycles. The molecule has 2 aromatic carbocycles. The Morgan fingerprint density at radius 1 is 1.24 bits per heavy atom. The van der Waals surface area contributed by atoms with Gasteiger partial charge in [0.1, 0.15) is 11.7 Å². The first-order valence-electron chi connectivity index (χ1n) is 7.87. The zero-order valence-corrected chi connectivity index (χ0v) is 14.1. The van der Waals surface area contributed by atoms with E-state index >= 15 is 0 Å². The quantitative estimate of drug-likeness (QED) is 0.680. The summed E-state index contributed by atoms with van der Waals surface area (Å²) in [5.74, 6) is 3.28. The van der Waals surface area contributed by atoms with Gasteiger partial charge in [0.25, 0.3) is 0 Å². The Labute approximate surface area is 145 Å². The van der Waals surface area contributed by atoms with Gasteiger partial charge in [-0.15, -0.1) is 0 Å². The number of hydrogen-bond acceptors (Lipinski definition) is 5. The first kappa shape index (κ1) is 16.6. The van der Waals surface area contributed by atoms with E-state index in [2.05, 4.69) is 10.5 Å². The van der Waals surface area contributed by atoms with Crippen LogP contribution in [0.25, 0.3) is 11.3 Å². The first-order chi connectivity index (χ1) is 12.2. The molecule has 0 unspecified atom stereocenters. The predicted octanol–water partition coefficient (Wildman–Crippen LogP) is 4.33. The third kappa shape index (κ3) is 3.79. The van der Waals surface area contributed by atoms with Gasteiger partial charge in [-0.2, -0.15) is 0 Å². The Kier molecular flexibility index (Phi) is 4.97. The molecule has 1 heterocycles. The average Bonchev–Trinajstić information content (AvgIpc) is 3.06. The summed E-state index contributed by atoms with van der Waals surface area (Å²) >= 11 is 0. The number of rotatable bonds is 6. The van der Waals surface area contributed by atoms with E-state index in [1.54, 1.807) is 7.11 Å². The zero-order chi connectivity index (χ0) is 17.6. The molecule has 3 rings (SSSR count). The van der Waals surface area contributed by atoms with Crippen LogP contribution in [0.4, 0.5) is 11.4 Å². The van der Waals surface area contributed by atoms with Crippen LogP contribution >= 0.6 is 0 Å². The normalized spacial score (nSPS) is 10.2. The lowest BCUT2D eigenvalue weighted by Crippen LogP contribution is -1.97. The number of anilines is 2. The number of carbonyl (C=O) groups excluding carboxylic acids is 1. The van der Waals surface area contributed by atoms with Gasteiger partial charge in [-0.05, 0) is 42.8 Å². The second-order valence-corrected chi connectivity index (χ2v) is 5.55. The van der Waals surface area contributed by atoms with Crippen molar-refractivity contribution in [2.45, 2.75) is 13.3 Å². The maximum absolute atomic E-state index is 10.6. The van der Waals surface area contributed by atoms with Gasteiger partial charge in [0, 0.05) is 35.5 Å². The summed E-state index contributed by atoms with van der Waals surface area (Å²) in [7, 11) is 1.64. The highest BCUT2D eigenvalue weighted by molar-refractivity contribution is 5.81. The van der Waals surface area contributed by atoms with E-state index in [1.165, 1.54) is 6.08 Å². The van der Waals surface area contributed by atoms with Gasteiger partial charge in [0.05, 0.1) is 12.8 Å². The summed E-state index contributed by atoms with van der Waals surface area (Å²) in [4.78, 5) is 10.6. The van der Waals surface area contributed by atoms with Crippen LogP contribution < -0.4 is 10.1 Å². The summed E-state index contributed by atoms with van der Waals surface area (Å²) in [5, 5.41) is 7.37. The van der Waals surface area contributed by atoms with Crippen molar-refractivity contribution in [1.82, 2.24) is 5.16 Å². The van der Waals surface area contributed by atoms with Gasteiger partial charge >= 0.3 is 0 Å². The second-order valence-electron chi connectivity index (χ2n) is 5.55. The first-order valence-corrected chi connectivity index (χ1v) is 7.87. The monoisotopic (exact) mass is 334 g/mol. The third-order valence-corrected chi connectivity index (χ3v) is 3.80. The van der Waals surface area contributed by atoms with Crippen molar-refractivity contribution in [3.8, 4) is 17.1 Å². The number of nitrogens with zero attached hydrogens (tertiary/aromatic N) is 1. The minimum Gasteiger partial charge on any atom is -0.497 e. The van der Waals surface area contributed by atoms with Gasteiger partial charge < -0.3 is 14.6 Å². The molecular weight excluding hydrogens is 316 g/mol. The number of hydrogen-bond donors (Lipinski definition) is 1. The summed E-state index contributed by atoms with van der Waals surface area (Å²) < 4.78 is 10.7. The van der Waals surface area contributed by atoms with E-state index in [0.717, 1.165) is 33.9 Å². The molecule has 25 heavy (non-hydrogen) atoms. The number of nitrogens with one attached hydrogen (secondary N) is 1. The summed E-state index contributed by atoms with van der Waals surface area (Å²) in [6.45, 7) is 1.87. The van der Waals surface area contributed by atoms with Gasteiger partial charge in [0.2, 0.25) is 0 Å². The molecule has 1 N–H and O–H groups in total. The summed E-state index contributed by atoms with van der Waals surface area (Å²) in [6.07, 6.45) is 1.93. The van der Waals surface area contributed by atoms with E-state index in [1.807, 2.05) is 61.4 Å². The number of aryl methyl sites for hydroxylation is 1. The van der Waals surface area contributed by atoms with Crippen LogP contribution in [0.1, 0.15) is 11.3 Å². The fourth-order valence-corrected chi connectivity index (χ4v) is 2.63. The zero-order valence-electron chi connectivity index (χ0n) is 14.1. The number of allylic oxidation sites excluding steroid dienone is 1. The molecule has 126 valence electrons. The van der Waals surface area contributed by atoms with Crippen LogP contribution in [-0.4, -0.2) is 18.2 Å². The van der Waals surface area contributed by atoms with E-state index in [0.29, 0.717) is 12.2 Å². The Morgan fingerprint density at radius 2 is 2.04 bits per heavy atom. The lowest BCUT2D eigenvalue weighted by molar-refractivity contribution is 0.415. The van der Waals surface area contributed by atoms with Crippen LogP contribution in [0.5, 0.6) is 5.75 Å². The van der Waals surface area contributed by atoms with Gasteiger partial charge in [-0.1, -0.05) is 17.3 Å². The van der Waals surface area contributed by atoms with Crippen LogP contribution in [0, 0.1) is 6.92 Å². The molecule has 1 aromatic heterocycles. The molecule has 0 atom stereocenters. The lowest BCUT2D eigenvalue weighted by atomic mass is 9.99. The smallest absolute Gasteiger partial charge is 0.169 e. The minimum atomic E-state index is 0.469. The maximum atomic E-state index is 10.6.